The number of carboxylic acid groups (broad SMARTS) is 1. The third-order valence-corrected chi connectivity index (χ3v) is 12.6. The predicted octanol–water partition coefficient (Wildman–Crippen LogP) is 2.55. The van der Waals surface area contributed by atoms with Gasteiger partial charge in [0.2, 0.25) is 23.6 Å². The zero-order valence-electron chi connectivity index (χ0n) is 45.8. The van der Waals surface area contributed by atoms with E-state index < -0.39 is 90.2 Å². The number of nitrogens with two attached hydrogens (primary N) is 5. The highest BCUT2D eigenvalue weighted by Crippen LogP contribution is 2.28. The Morgan fingerprint density at radius 1 is 0.432 bits per heavy atom. The molecule has 0 bridgehead atoms. The van der Waals surface area contributed by atoms with E-state index in [1.54, 1.807) is 0 Å². The Balaban J connectivity index is 1.55. The van der Waals surface area contributed by atoms with Gasteiger partial charge in [0.05, 0.1) is 56.7 Å². The van der Waals surface area contributed by atoms with E-state index in [1.165, 1.54) is 101 Å². The Morgan fingerprint density at radius 3 is 1.04 bits per heavy atom. The molecule has 0 heterocycles. The molecular formula is C55H74N12O14. The molecule has 4 aromatic carbocycles. The monoisotopic (exact) mass is 1130 g/mol. The lowest BCUT2D eigenvalue weighted by molar-refractivity contribution is -0.137. The van der Waals surface area contributed by atoms with Crippen LogP contribution >= 0.6 is 0 Å². The summed E-state index contributed by atoms with van der Waals surface area (Å²) in [5.41, 5.74) is 28.8. The molecule has 18 N–H and O–H groups in total. The van der Waals surface area contributed by atoms with Gasteiger partial charge in [-0.05, 0) is 150 Å². The highest BCUT2D eigenvalue weighted by molar-refractivity contribution is 6.07. The number of primary amides is 1. The van der Waals surface area contributed by atoms with Crippen molar-refractivity contribution >= 4 is 76.0 Å². The van der Waals surface area contributed by atoms with Gasteiger partial charge in [0.25, 0.3) is 23.6 Å². The Bertz CT molecular complexity index is 2870. The average Bonchev–Trinajstić information content (AvgIpc) is 3.46. The van der Waals surface area contributed by atoms with Crippen LogP contribution in [0.5, 0.6) is 23.0 Å². The third kappa shape index (κ3) is 19.8. The minimum absolute atomic E-state index is 0.00138. The smallest absolute Gasteiger partial charge is 0.303 e. The van der Waals surface area contributed by atoms with Gasteiger partial charge < -0.3 is 89.9 Å². The van der Waals surface area contributed by atoms with Crippen LogP contribution in [0.2, 0.25) is 0 Å². The molecule has 0 saturated carbocycles. The van der Waals surface area contributed by atoms with Gasteiger partial charge in [-0.3, -0.25) is 43.2 Å². The van der Waals surface area contributed by atoms with Gasteiger partial charge in [0, 0.05) is 29.2 Å². The Labute approximate surface area is 468 Å². The first-order valence-corrected chi connectivity index (χ1v) is 26.1. The lowest BCUT2D eigenvalue weighted by Crippen LogP contribution is -2.45. The number of aliphatic carboxylic acids is 1. The van der Waals surface area contributed by atoms with Crippen LogP contribution in [0.15, 0.2) is 72.8 Å². The van der Waals surface area contributed by atoms with Gasteiger partial charge in [0.15, 0.2) is 0 Å². The van der Waals surface area contributed by atoms with Crippen molar-refractivity contribution in [2.75, 3.05) is 69.3 Å². The second-order valence-corrected chi connectivity index (χ2v) is 18.5. The molecule has 0 radical (unpaired) electrons. The van der Waals surface area contributed by atoms with Crippen molar-refractivity contribution in [2.45, 2.75) is 94.8 Å². The van der Waals surface area contributed by atoms with Crippen molar-refractivity contribution in [1.29, 1.82) is 0 Å². The molecule has 8 amide bonds. The van der Waals surface area contributed by atoms with E-state index in [9.17, 15) is 48.3 Å². The summed E-state index contributed by atoms with van der Waals surface area (Å²) in [6.45, 7) is 1.08. The molecule has 4 atom stereocenters. The maximum Gasteiger partial charge on any atom is 0.303 e. The molecule has 0 aliphatic rings. The van der Waals surface area contributed by atoms with Gasteiger partial charge in [-0.1, -0.05) is 6.42 Å². The quantitative estimate of drug-likeness (QED) is 0.0299. The van der Waals surface area contributed by atoms with Crippen LogP contribution in [0.3, 0.4) is 0 Å². The first kappa shape index (κ1) is 64.7. The molecule has 438 valence electrons. The lowest BCUT2D eigenvalue weighted by atomic mass is 10.1. The SMILES string of the molecule is COc1ccc(NC(=O)C(CCCCN)NC(=O)c2cc(NC(=O)C(CCC(=O)O)NC(=O)c3cc(NC(=O)C(CCCCN)NC(=O)c4cc(NC(=O)C(N)CCCCN)ccc4OC)ccc3OC)ccc2OC)cc1C(N)=O. The summed E-state index contributed by atoms with van der Waals surface area (Å²) in [5.74, 6) is -6.78. The van der Waals surface area contributed by atoms with Crippen LogP contribution in [0.25, 0.3) is 0 Å². The number of hydrogen-bond donors (Lipinski definition) is 13. The molecular weight excluding hydrogens is 1050 g/mol. The number of carboxylic acids is 1. The number of carbonyl (C=O) groups excluding carboxylic acids is 8. The van der Waals surface area contributed by atoms with E-state index in [0.29, 0.717) is 64.6 Å². The topological polar surface area (TPSA) is 425 Å². The Hall–Kier alpha value is -8.85. The number of rotatable bonds is 34. The number of ether oxygens (including phenoxy) is 4. The fourth-order valence-electron chi connectivity index (χ4n) is 8.20. The third-order valence-electron chi connectivity index (χ3n) is 12.6. The fourth-order valence-corrected chi connectivity index (χ4v) is 8.20. The van der Waals surface area contributed by atoms with Gasteiger partial charge >= 0.3 is 5.97 Å². The van der Waals surface area contributed by atoms with Gasteiger partial charge in [-0.25, -0.2) is 0 Å². The highest BCUT2D eigenvalue weighted by Gasteiger charge is 2.29. The first-order chi connectivity index (χ1) is 38.8. The maximum absolute atomic E-state index is 14.1. The van der Waals surface area contributed by atoms with Crippen LogP contribution < -0.4 is 84.8 Å². The standard InChI is InChI=1S/C55H74N12O14/c1-78-43-19-14-31(27-35(43)48(60)70)62-53(75)40(12-6-9-25-57)65-50(72)37-30-34(17-22-45(37)80-3)64-55(77)42(18-23-47(68)69)67-51(73)38-29-33(16-21-46(38)81-4)63-54(76)41(13-7-10-26-58)66-49(71)36-28-32(15-20-44(36)79-2)61-52(74)39(59)11-5-8-24-56/h14-17,19-22,27-30,39-42H,5-13,18,23-26,56-59H2,1-4H3,(H2,60,70)(H,61,74)(H,62,75)(H,63,76)(H,64,77)(H,65,72)(H,66,71)(H,67,73)(H,68,69). The van der Waals surface area contributed by atoms with Crippen molar-refractivity contribution in [1.82, 2.24) is 16.0 Å². The molecule has 4 aromatic rings. The van der Waals surface area contributed by atoms with Gasteiger partial charge in [-0.2, -0.15) is 0 Å². The summed E-state index contributed by atoms with van der Waals surface area (Å²) >= 11 is 0. The molecule has 0 aliphatic heterocycles. The van der Waals surface area contributed by atoms with Crippen LogP contribution in [-0.4, -0.2) is 131 Å². The minimum Gasteiger partial charge on any atom is -0.496 e. The minimum atomic E-state index is -1.51. The van der Waals surface area contributed by atoms with Crippen LogP contribution in [0.4, 0.5) is 22.7 Å². The summed E-state index contributed by atoms with van der Waals surface area (Å²) in [7, 11) is 5.29. The number of carbonyl (C=O) groups is 9. The Morgan fingerprint density at radius 2 is 0.728 bits per heavy atom. The normalized spacial score (nSPS) is 12.2. The lowest BCUT2D eigenvalue weighted by Gasteiger charge is -2.21. The molecule has 81 heavy (non-hydrogen) atoms. The molecule has 0 saturated heterocycles. The number of amides is 8. The zero-order valence-corrected chi connectivity index (χ0v) is 45.8. The largest absolute Gasteiger partial charge is 0.496 e. The van der Waals surface area contributed by atoms with E-state index in [1.807, 2.05) is 0 Å². The number of hydrogen-bond acceptors (Lipinski definition) is 17. The van der Waals surface area contributed by atoms with Gasteiger partial charge in [-0.15, -0.1) is 0 Å². The molecule has 0 spiro atoms. The number of benzene rings is 4. The van der Waals surface area contributed by atoms with Crippen molar-refractivity contribution in [3.63, 3.8) is 0 Å². The number of anilines is 4. The molecule has 26 heteroatoms. The van der Waals surface area contributed by atoms with E-state index >= 15 is 0 Å². The summed E-state index contributed by atoms with van der Waals surface area (Å²) in [4.78, 5) is 120. The summed E-state index contributed by atoms with van der Waals surface area (Å²) < 4.78 is 21.5. The summed E-state index contributed by atoms with van der Waals surface area (Å²) in [5, 5.41) is 28.3. The summed E-state index contributed by atoms with van der Waals surface area (Å²) in [6, 6.07) is 12.1. The highest BCUT2D eigenvalue weighted by atomic mass is 16.5. The van der Waals surface area contributed by atoms with Crippen LogP contribution in [0, 0.1) is 0 Å². The molecule has 4 unspecified atom stereocenters. The zero-order chi connectivity index (χ0) is 59.6. The van der Waals surface area contributed by atoms with Crippen molar-refractivity contribution in [3.05, 3.63) is 95.1 Å². The average molecular weight is 1130 g/mol. The van der Waals surface area contributed by atoms with Crippen molar-refractivity contribution in [3.8, 4) is 23.0 Å². The predicted molar refractivity (Wildman–Crippen MR) is 302 cm³/mol. The second kappa shape index (κ2) is 32.9. The molecule has 0 aromatic heterocycles. The Kier molecular flexibility index (Phi) is 26.3. The number of nitrogens with one attached hydrogen (secondary N) is 7. The van der Waals surface area contributed by atoms with Crippen LogP contribution in [0.1, 0.15) is 112 Å². The van der Waals surface area contributed by atoms with E-state index in [2.05, 4.69) is 37.2 Å². The molecule has 0 fully saturated rings. The fraction of sp³-hybridized carbons (Fsp3) is 0.400. The van der Waals surface area contributed by atoms with Crippen molar-refractivity contribution < 1.29 is 67.2 Å². The van der Waals surface area contributed by atoms with E-state index in [0.717, 1.165) is 0 Å². The number of methoxy groups -OCH3 is 4. The summed E-state index contributed by atoms with van der Waals surface area (Å²) in [6.07, 6.45) is 2.96. The number of unbranched alkanes of at least 4 members (excludes halogenated alkanes) is 3. The second-order valence-electron chi connectivity index (χ2n) is 18.5. The molecule has 0 aliphatic carbocycles. The first-order valence-electron chi connectivity index (χ1n) is 26.1. The van der Waals surface area contributed by atoms with Crippen LogP contribution in [-0.2, 0) is 24.0 Å². The molecule has 26 nitrogen and oxygen atoms in total. The maximum atomic E-state index is 14.1. The van der Waals surface area contributed by atoms with E-state index in [-0.39, 0.29) is 80.8 Å². The van der Waals surface area contributed by atoms with Gasteiger partial charge in [0.1, 0.15) is 41.1 Å². The van der Waals surface area contributed by atoms with Crippen molar-refractivity contribution in [2.24, 2.45) is 28.7 Å². The van der Waals surface area contributed by atoms with E-state index in [4.69, 9.17) is 47.6 Å². The molecule has 4 rings (SSSR count).